The number of carboxylic acids is 2. The van der Waals surface area contributed by atoms with E-state index in [1.807, 2.05) is 0 Å². The summed E-state index contributed by atoms with van der Waals surface area (Å²) in [7, 11) is -4.62. The summed E-state index contributed by atoms with van der Waals surface area (Å²) >= 11 is 0. The van der Waals surface area contributed by atoms with Gasteiger partial charge in [-0.2, -0.15) is 0 Å². The van der Waals surface area contributed by atoms with Gasteiger partial charge in [0.25, 0.3) is 0 Å². The van der Waals surface area contributed by atoms with Gasteiger partial charge in [0.05, 0.1) is 17.5 Å². The van der Waals surface area contributed by atoms with Gasteiger partial charge < -0.3 is 20.0 Å². The van der Waals surface area contributed by atoms with E-state index in [0.29, 0.717) is 0 Å². The monoisotopic (exact) mass is 254 g/mol. The van der Waals surface area contributed by atoms with Crippen LogP contribution in [0.25, 0.3) is 0 Å². The molecule has 0 aliphatic heterocycles. The maximum Gasteiger partial charge on any atom is 0.329 e. The average Bonchev–Trinajstić information content (AvgIpc) is 2.10. The van der Waals surface area contributed by atoms with Crippen LogP contribution in [0.2, 0.25) is 0 Å². The Balaban J connectivity index is 4.91. The number of hydrogen-bond donors (Lipinski definition) is 4. The van der Waals surface area contributed by atoms with Crippen LogP contribution in [-0.2, 0) is 14.2 Å². The zero-order chi connectivity index (χ0) is 13.1. The summed E-state index contributed by atoms with van der Waals surface area (Å²) in [5.41, 5.74) is -1.48. The molecule has 7 nitrogen and oxygen atoms in total. The van der Waals surface area contributed by atoms with Crippen molar-refractivity contribution in [1.82, 2.24) is 0 Å². The Labute approximate surface area is 92.3 Å². The van der Waals surface area contributed by atoms with E-state index in [9.17, 15) is 14.2 Å². The lowest BCUT2D eigenvalue weighted by Gasteiger charge is -2.23. The zero-order valence-corrected chi connectivity index (χ0v) is 9.79. The summed E-state index contributed by atoms with van der Waals surface area (Å²) < 4.78 is 11.1. The van der Waals surface area contributed by atoms with E-state index < -0.39 is 37.0 Å². The van der Waals surface area contributed by atoms with Gasteiger partial charge >= 0.3 is 19.5 Å². The minimum atomic E-state index is -4.62. The average molecular weight is 254 g/mol. The molecular weight excluding hydrogens is 239 g/mol. The Morgan fingerprint density at radius 2 is 1.56 bits per heavy atom. The van der Waals surface area contributed by atoms with E-state index in [-0.39, 0.29) is 6.42 Å². The fraction of sp³-hybridized carbons (Fsp3) is 0.750. The summed E-state index contributed by atoms with van der Waals surface area (Å²) in [5, 5.41) is 17.3. The molecule has 94 valence electrons. The number of aliphatic carboxylic acids is 2. The Kier molecular flexibility index (Phi) is 5.12. The fourth-order valence-electron chi connectivity index (χ4n) is 1.26. The van der Waals surface area contributed by atoms with Gasteiger partial charge in [-0.1, -0.05) is 13.8 Å². The van der Waals surface area contributed by atoms with Crippen molar-refractivity contribution in [2.24, 2.45) is 11.8 Å². The third-order valence-electron chi connectivity index (χ3n) is 2.42. The molecule has 0 aromatic carbocycles. The Bertz CT molecular complexity index is 320. The number of rotatable bonds is 6. The first-order chi connectivity index (χ1) is 7.07. The highest BCUT2D eigenvalue weighted by molar-refractivity contribution is 7.52. The van der Waals surface area contributed by atoms with Gasteiger partial charge in [-0.05, 0) is 6.42 Å². The van der Waals surface area contributed by atoms with Crippen molar-refractivity contribution < 1.29 is 34.2 Å². The van der Waals surface area contributed by atoms with E-state index in [1.165, 1.54) is 6.92 Å². The summed E-state index contributed by atoms with van der Waals surface area (Å²) in [6.07, 6.45) is -0.368. The van der Waals surface area contributed by atoms with Crippen LogP contribution in [0.15, 0.2) is 0 Å². The topological polar surface area (TPSA) is 132 Å². The van der Waals surface area contributed by atoms with E-state index in [4.69, 9.17) is 20.0 Å². The van der Waals surface area contributed by atoms with Crippen LogP contribution in [0.4, 0.5) is 0 Å². The van der Waals surface area contributed by atoms with Crippen LogP contribution in [0.3, 0.4) is 0 Å². The van der Waals surface area contributed by atoms with Crippen LogP contribution in [-0.4, -0.2) is 37.6 Å². The number of hydrogen-bond acceptors (Lipinski definition) is 3. The first-order valence-corrected chi connectivity index (χ1v) is 6.26. The first kappa shape index (κ1) is 15.1. The highest BCUT2D eigenvalue weighted by Crippen LogP contribution is 2.47. The van der Waals surface area contributed by atoms with Crippen molar-refractivity contribution in [3.8, 4) is 0 Å². The largest absolute Gasteiger partial charge is 0.481 e. The molecular formula is C8H15O7P. The Morgan fingerprint density at radius 3 is 1.81 bits per heavy atom. The quantitative estimate of drug-likeness (QED) is 0.503. The highest BCUT2D eigenvalue weighted by Gasteiger charge is 2.39. The van der Waals surface area contributed by atoms with E-state index in [1.54, 1.807) is 0 Å². The van der Waals surface area contributed by atoms with E-state index >= 15 is 0 Å². The summed E-state index contributed by atoms with van der Waals surface area (Å²) in [6, 6.07) is 0. The van der Waals surface area contributed by atoms with E-state index in [0.717, 1.165) is 6.92 Å². The van der Waals surface area contributed by atoms with Gasteiger partial charge in [0.2, 0.25) is 0 Å². The molecule has 0 rings (SSSR count). The summed E-state index contributed by atoms with van der Waals surface area (Å²) in [6.45, 7) is 2.43. The third kappa shape index (κ3) is 4.30. The van der Waals surface area contributed by atoms with Crippen LogP contribution in [0.1, 0.15) is 20.3 Å². The second-order valence-electron chi connectivity index (χ2n) is 3.76. The molecule has 0 heterocycles. The van der Waals surface area contributed by atoms with Crippen LogP contribution < -0.4 is 0 Å². The predicted octanol–water partition coefficient (Wildman–Crippen LogP) is 0.364. The van der Waals surface area contributed by atoms with Gasteiger partial charge in [0.1, 0.15) is 0 Å². The van der Waals surface area contributed by atoms with Crippen molar-refractivity contribution in [3.05, 3.63) is 0 Å². The molecule has 0 radical (unpaired) electrons. The molecule has 0 aromatic heterocycles. The summed E-state index contributed by atoms with van der Waals surface area (Å²) in [4.78, 5) is 39.2. The van der Waals surface area contributed by atoms with Gasteiger partial charge in [0, 0.05) is 0 Å². The molecule has 8 heteroatoms. The van der Waals surface area contributed by atoms with Gasteiger partial charge in [-0.15, -0.1) is 0 Å². The zero-order valence-electron chi connectivity index (χ0n) is 8.90. The van der Waals surface area contributed by atoms with Crippen LogP contribution in [0.5, 0.6) is 0 Å². The lowest BCUT2D eigenvalue weighted by molar-refractivity contribution is -0.144. The van der Waals surface area contributed by atoms with Crippen LogP contribution in [0, 0.1) is 11.8 Å². The van der Waals surface area contributed by atoms with E-state index in [2.05, 4.69) is 0 Å². The van der Waals surface area contributed by atoms with Gasteiger partial charge in [-0.25, -0.2) is 0 Å². The molecule has 0 bridgehead atoms. The molecule has 3 unspecified atom stereocenters. The second-order valence-corrected chi connectivity index (χ2v) is 5.60. The minimum Gasteiger partial charge on any atom is -0.481 e. The maximum absolute atomic E-state index is 11.1. The Morgan fingerprint density at radius 1 is 1.12 bits per heavy atom. The Hall–Kier alpha value is -0.910. The summed E-state index contributed by atoms with van der Waals surface area (Å²) in [5.74, 6) is -4.86. The lowest BCUT2D eigenvalue weighted by Crippen LogP contribution is -2.29. The smallest absolute Gasteiger partial charge is 0.329 e. The standard InChI is InChI=1S/C8H15O7P/c1-4(7(9)10)3-6(16(13,14)15)5(2)8(11)12/h4-6H,3H2,1-2H3,(H,9,10)(H,11,12)(H2,13,14,15). The fourth-order valence-corrected chi connectivity index (χ4v) is 2.56. The third-order valence-corrected chi connectivity index (χ3v) is 3.94. The normalized spacial score (nSPS) is 17.5. The van der Waals surface area contributed by atoms with Gasteiger partial charge in [0.15, 0.2) is 0 Å². The maximum atomic E-state index is 11.1. The highest BCUT2D eigenvalue weighted by atomic mass is 31.2. The van der Waals surface area contributed by atoms with Crippen molar-refractivity contribution in [2.45, 2.75) is 25.9 Å². The predicted molar refractivity (Wildman–Crippen MR) is 54.0 cm³/mol. The molecule has 4 N–H and O–H groups in total. The van der Waals surface area contributed by atoms with Crippen molar-refractivity contribution >= 4 is 19.5 Å². The molecule has 0 aliphatic rings. The molecule has 16 heavy (non-hydrogen) atoms. The van der Waals surface area contributed by atoms with Crippen molar-refractivity contribution in [2.75, 3.05) is 0 Å². The molecule has 0 amide bonds. The minimum absolute atomic E-state index is 0.368. The first-order valence-electron chi connectivity index (χ1n) is 4.58. The van der Waals surface area contributed by atoms with Gasteiger partial charge in [-0.3, -0.25) is 14.2 Å². The molecule has 0 saturated carbocycles. The molecule has 0 aliphatic carbocycles. The van der Waals surface area contributed by atoms with Crippen molar-refractivity contribution in [1.29, 1.82) is 0 Å². The molecule has 0 saturated heterocycles. The van der Waals surface area contributed by atoms with Crippen LogP contribution >= 0.6 is 7.60 Å². The SMILES string of the molecule is CC(CC(C(C)C(=O)O)P(=O)(O)O)C(=O)O. The van der Waals surface area contributed by atoms with Crippen molar-refractivity contribution in [3.63, 3.8) is 0 Å². The molecule has 0 fully saturated rings. The molecule has 0 spiro atoms. The molecule has 0 aromatic rings. The number of carbonyl (C=O) groups is 2. The number of carboxylic acid groups (broad SMARTS) is 2. The lowest BCUT2D eigenvalue weighted by atomic mass is 9.97. The molecule has 3 atom stereocenters. The second kappa shape index (κ2) is 5.43.